The molecule has 1 N–H and O–H groups in total. The lowest BCUT2D eigenvalue weighted by Crippen LogP contribution is -2.36. The zero-order chi connectivity index (χ0) is 21.8. The van der Waals surface area contributed by atoms with Gasteiger partial charge < -0.3 is 5.32 Å². The Balaban J connectivity index is 1.69. The van der Waals surface area contributed by atoms with E-state index in [-0.39, 0.29) is 17.8 Å². The Labute approximate surface area is 196 Å². The zero-order valence-electron chi connectivity index (χ0n) is 17.0. The molecule has 0 atom stereocenters. The third-order valence-corrected chi connectivity index (χ3v) is 6.31. The van der Waals surface area contributed by atoms with E-state index in [9.17, 15) is 4.79 Å². The standard InChI is InChI=1S/C23H23Cl3N4O/c24-15-8-11-18(12-9-15)30-22(19-14-16(25)10-13-20(19)26)28-21(29-30)23(31)27-17-6-4-2-1-3-5-7-17/h8-14,17H,1-7H2,(H,27,31). The molecule has 162 valence electrons. The first-order valence-electron chi connectivity index (χ1n) is 10.5. The van der Waals surface area contributed by atoms with E-state index in [1.807, 2.05) is 12.1 Å². The van der Waals surface area contributed by atoms with Crippen LogP contribution in [0, 0.1) is 0 Å². The maximum Gasteiger partial charge on any atom is 0.291 e. The van der Waals surface area contributed by atoms with Gasteiger partial charge in [-0.25, -0.2) is 9.67 Å². The molecule has 1 aromatic heterocycles. The molecular weight excluding hydrogens is 455 g/mol. The molecule has 31 heavy (non-hydrogen) atoms. The van der Waals surface area contributed by atoms with Crippen molar-refractivity contribution in [3.8, 4) is 17.1 Å². The average Bonchev–Trinajstić information content (AvgIpc) is 3.17. The molecule has 0 aliphatic heterocycles. The highest BCUT2D eigenvalue weighted by Crippen LogP contribution is 2.31. The minimum atomic E-state index is -0.280. The molecule has 1 amide bonds. The molecule has 0 bridgehead atoms. The number of amides is 1. The Morgan fingerprint density at radius 1 is 0.903 bits per heavy atom. The van der Waals surface area contributed by atoms with Crippen molar-refractivity contribution in [3.63, 3.8) is 0 Å². The number of halogens is 3. The Morgan fingerprint density at radius 3 is 2.26 bits per heavy atom. The van der Waals surface area contributed by atoms with Gasteiger partial charge in [-0.05, 0) is 55.3 Å². The fourth-order valence-corrected chi connectivity index (χ4v) is 4.36. The van der Waals surface area contributed by atoms with Crippen molar-refractivity contribution in [3.05, 3.63) is 63.4 Å². The van der Waals surface area contributed by atoms with Crippen LogP contribution in [-0.2, 0) is 0 Å². The van der Waals surface area contributed by atoms with Crippen LogP contribution in [0.2, 0.25) is 15.1 Å². The largest absolute Gasteiger partial charge is 0.347 e. The summed E-state index contributed by atoms with van der Waals surface area (Å²) in [5, 5.41) is 9.23. The van der Waals surface area contributed by atoms with Crippen LogP contribution in [0.4, 0.5) is 0 Å². The molecule has 0 spiro atoms. The number of rotatable bonds is 4. The van der Waals surface area contributed by atoms with E-state index < -0.39 is 0 Å². The first-order valence-corrected chi connectivity index (χ1v) is 11.6. The summed E-state index contributed by atoms with van der Waals surface area (Å²) in [6.45, 7) is 0. The molecule has 5 nitrogen and oxygen atoms in total. The maximum atomic E-state index is 13.0. The highest BCUT2D eigenvalue weighted by atomic mass is 35.5. The molecule has 1 heterocycles. The van der Waals surface area contributed by atoms with Crippen molar-refractivity contribution < 1.29 is 4.79 Å². The molecule has 0 saturated heterocycles. The fraction of sp³-hybridized carbons (Fsp3) is 0.348. The monoisotopic (exact) mass is 476 g/mol. The molecule has 0 radical (unpaired) electrons. The van der Waals surface area contributed by atoms with Gasteiger partial charge in [0.1, 0.15) is 0 Å². The van der Waals surface area contributed by atoms with Gasteiger partial charge in [-0.3, -0.25) is 4.79 Å². The van der Waals surface area contributed by atoms with Gasteiger partial charge >= 0.3 is 0 Å². The van der Waals surface area contributed by atoms with Crippen LogP contribution in [0.5, 0.6) is 0 Å². The van der Waals surface area contributed by atoms with Gasteiger partial charge in [0.15, 0.2) is 5.82 Å². The molecule has 1 fully saturated rings. The smallest absolute Gasteiger partial charge is 0.291 e. The summed E-state index contributed by atoms with van der Waals surface area (Å²) in [5.41, 5.74) is 1.31. The van der Waals surface area contributed by atoms with Crippen molar-refractivity contribution >= 4 is 40.7 Å². The summed E-state index contributed by atoms with van der Waals surface area (Å²) in [6.07, 6.45) is 7.92. The van der Waals surface area contributed by atoms with Crippen molar-refractivity contribution in [1.29, 1.82) is 0 Å². The Hall–Kier alpha value is -2.08. The SMILES string of the molecule is O=C(NC1CCCCCCC1)c1nc(-c2cc(Cl)ccc2Cl)n(-c2ccc(Cl)cc2)n1. The summed E-state index contributed by atoms with van der Waals surface area (Å²) < 4.78 is 1.60. The number of carbonyl (C=O) groups is 1. The quantitative estimate of drug-likeness (QED) is 0.453. The first-order chi connectivity index (χ1) is 15.0. The normalized spacial score (nSPS) is 15.3. The van der Waals surface area contributed by atoms with E-state index in [4.69, 9.17) is 34.8 Å². The van der Waals surface area contributed by atoms with Crippen LogP contribution >= 0.6 is 34.8 Å². The topological polar surface area (TPSA) is 59.8 Å². The molecule has 2 aromatic carbocycles. The summed E-state index contributed by atoms with van der Waals surface area (Å²) in [5.74, 6) is 0.262. The lowest BCUT2D eigenvalue weighted by Gasteiger charge is -2.20. The molecule has 4 rings (SSSR count). The molecule has 1 aliphatic rings. The summed E-state index contributed by atoms with van der Waals surface area (Å²) in [4.78, 5) is 17.6. The van der Waals surface area contributed by atoms with E-state index in [0.29, 0.717) is 32.1 Å². The second-order valence-electron chi connectivity index (χ2n) is 7.79. The number of nitrogens with one attached hydrogen (secondary N) is 1. The first kappa shape index (κ1) is 22.1. The van der Waals surface area contributed by atoms with E-state index in [1.54, 1.807) is 35.0 Å². The zero-order valence-corrected chi connectivity index (χ0v) is 19.2. The van der Waals surface area contributed by atoms with Gasteiger partial charge in [0.2, 0.25) is 5.82 Å². The molecule has 8 heteroatoms. The van der Waals surface area contributed by atoms with Crippen LogP contribution in [-0.4, -0.2) is 26.7 Å². The summed E-state index contributed by atoms with van der Waals surface area (Å²) in [6, 6.07) is 12.4. The second kappa shape index (κ2) is 10.0. The number of benzene rings is 2. The van der Waals surface area contributed by atoms with E-state index in [1.165, 1.54) is 19.3 Å². The third kappa shape index (κ3) is 5.40. The Morgan fingerprint density at radius 2 is 1.55 bits per heavy atom. The molecule has 0 unspecified atom stereocenters. The molecular formula is C23H23Cl3N4O. The Bertz CT molecular complexity index is 1060. The van der Waals surface area contributed by atoms with E-state index in [2.05, 4.69) is 15.4 Å². The number of carbonyl (C=O) groups excluding carboxylic acids is 1. The van der Waals surface area contributed by atoms with Crippen molar-refractivity contribution in [1.82, 2.24) is 20.1 Å². The van der Waals surface area contributed by atoms with Gasteiger partial charge in [0.25, 0.3) is 5.91 Å². The summed E-state index contributed by atoms with van der Waals surface area (Å²) >= 11 is 18.7. The van der Waals surface area contributed by atoms with Gasteiger partial charge in [-0.15, -0.1) is 5.10 Å². The lowest BCUT2D eigenvalue weighted by atomic mass is 9.97. The maximum absolute atomic E-state index is 13.0. The van der Waals surface area contributed by atoms with Crippen molar-refractivity contribution in [2.24, 2.45) is 0 Å². The van der Waals surface area contributed by atoms with Crippen molar-refractivity contribution in [2.75, 3.05) is 0 Å². The van der Waals surface area contributed by atoms with Gasteiger partial charge in [-0.1, -0.05) is 66.9 Å². The van der Waals surface area contributed by atoms with Crippen LogP contribution in [0.1, 0.15) is 55.6 Å². The minimum Gasteiger partial charge on any atom is -0.347 e. The predicted octanol–water partition coefficient (Wildman–Crippen LogP) is 6.74. The van der Waals surface area contributed by atoms with Crippen LogP contribution in [0.25, 0.3) is 17.1 Å². The van der Waals surface area contributed by atoms with Crippen LogP contribution in [0.3, 0.4) is 0 Å². The molecule has 1 saturated carbocycles. The molecule has 1 aliphatic carbocycles. The number of nitrogens with zero attached hydrogens (tertiary/aromatic N) is 3. The van der Waals surface area contributed by atoms with E-state index >= 15 is 0 Å². The third-order valence-electron chi connectivity index (χ3n) is 5.49. The lowest BCUT2D eigenvalue weighted by molar-refractivity contribution is 0.0920. The number of hydrogen-bond donors (Lipinski definition) is 1. The number of hydrogen-bond acceptors (Lipinski definition) is 3. The van der Waals surface area contributed by atoms with Gasteiger partial charge in [0.05, 0.1) is 10.7 Å². The highest BCUT2D eigenvalue weighted by molar-refractivity contribution is 6.35. The van der Waals surface area contributed by atoms with Crippen LogP contribution < -0.4 is 5.32 Å². The Kier molecular flexibility index (Phi) is 7.16. The minimum absolute atomic E-state index is 0.100. The van der Waals surface area contributed by atoms with Gasteiger partial charge in [-0.2, -0.15) is 0 Å². The summed E-state index contributed by atoms with van der Waals surface area (Å²) in [7, 11) is 0. The van der Waals surface area contributed by atoms with Crippen LogP contribution in [0.15, 0.2) is 42.5 Å². The van der Waals surface area contributed by atoms with Crippen molar-refractivity contribution in [2.45, 2.75) is 51.0 Å². The van der Waals surface area contributed by atoms with E-state index in [0.717, 1.165) is 25.7 Å². The molecule has 3 aromatic rings. The fourth-order valence-electron chi connectivity index (χ4n) is 3.86. The second-order valence-corrected chi connectivity index (χ2v) is 9.07. The number of aromatic nitrogens is 3. The van der Waals surface area contributed by atoms with Gasteiger partial charge in [0, 0.05) is 21.7 Å². The predicted molar refractivity (Wildman–Crippen MR) is 125 cm³/mol. The highest BCUT2D eigenvalue weighted by Gasteiger charge is 2.23. The average molecular weight is 478 g/mol.